The lowest BCUT2D eigenvalue weighted by molar-refractivity contribution is 0.171. The molecule has 2 aromatic rings. The minimum absolute atomic E-state index is 0.345. The Morgan fingerprint density at radius 2 is 1.88 bits per heavy atom. The summed E-state index contributed by atoms with van der Waals surface area (Å²) >= 11 is 0. The molecular weight excluding hydrogens is 324 g/mol. The first-order valence-electron chi connectivity index (χ1n) is 9.56. The summed E-state index contributed by atoms with van der Waals surface area (Å²) in [5, 5.41) is 0. The number of aryl methyl sites for hydroxylation is 1. The maximum Gasteiger partial charge on any atom is 0.231 e. The van der Waals surface area contributed by atoms with Crippen LogP contribution in [0.3, 0.4) is 0 Å². The van der Waals surface area contributed by atoms with Gasteiger partial charge in [-0.2, -0.15) is 0 Å². The average Bonchev–Trinajstić information content (AvgIpc) is 3.31. The highest BCUT2D eigenvalue weighted by atomic mass is 16.7. The third-order valence-corrected chi connectivity index (χ3v) is 6.35. The molecule has 136 valence electrons. The first-order chi connectivity index (χ1) is 12.7. The Bertz CT molecular complexity index is 822. The normalized spacial score (nSPS) is 27.8. The Balaban J connectivity index is 1.36. The van der Waals surface area contributed by atoms with E-state index in [2.05, 4.69) is 60.2 Å². The van der Waals surface area contributed by atoms with Crippen LogP contribution in [0, 0.1) is 18.8 Å². The number of benzene rings is 2. The van der Waals surface area contributed by atoms with Crippen molar-refractivity contribution in [3.8, 4) is 11.5 Å². The monoisotopic (exact) mass is 350 g/mol. The molecule has 0 aliphatic carbocycles. The van der Waals surface area contributed by atoms with Crippen LogP contribution in [0.15, 0.2) is 42.5 Å². The fraction of sp³-hybridized carbons (Fsp3) is 0.455. The van der Waals surface area contributed by atoms with E-state index in [1.165, 1.54) is 29.8 Å². The van der Waals surface area contributed by atoms with Crippen LogP contribution in [0.1, 0.15) is 22.7 Å². The lowest BCUT2D eigenvalue weighted by atomic mass is 9.88. The number of likely N-dealkylation sites (tertiary alicyclic amines) is 2. The molecule has 5 rings (SSSR count). The van der Waals surface area contributed by atoms with Gasteiger partial charge in [-0.25, -0.2) is 0 Å². The molecule has 3 aliphatic rings. The van der Waals surface area contributed by atoms with E-state index in [0.717, 1.165) is 30.5 Å². The van der Waals surface area contributed by atoms with Crippen molar-refractivity contribution >= 4 is 0 Å². The summed E-state index contributed by atoms with van der Waals surface area (Å²) in [6, 6.07) is 15.7. The second-order valence-electron chi connectivity index (χ2n) is 8.01. The average molecular weight is 350 g/mol. The molecule has 0 unspecified atom stereocenters. The smallest absolute Gasteiger partial charge is 0.231 e. The topological polar surface area (TPSA) is 24.9 Å². The van der Waals surface area contributed by atoms with Crippen molar-refractivity contribution in [2.75, 3.05) is 33.5 Å². The van der Waals surface area contributed by atoms with Gasteiger partial charge in [0.15, 0.2) is 11.5 Å². The standard InChI is InChI=1S/C22H26N2O2/c1-15-6-3-4-8-18(15)21-19-13-24(12-17(19)10-23(21)2)11-16-7-5-9-20-22(16)26-14-25-20/h3-9,17,19,21H,10-14H2,1-2H3/t17-,19+,21+/m0/s1. The van der Waals surface area contributed by atoms with Gasteiger partial charge in [-0.1, -0.05) is 36.4 Å². The molecule has 2 fully saturated rings. The molecular formula is C22H26N2O2. The second-order valence-corrected chi connectivity index (χ2v) is 8.01. The molecule has 3 atom stereocenters. The van der Waals surface area contributed by atoms with E-state index in [-0.39, 0.29) is 0 Å². The van der Waals surface area contributed by atoms with Crippen molar-refractivity contribution < 1.29 is 9.47 Å². The first kappa shape index (κ1) is 16.2. The molecule has 0 N–H and O–H groups in total. The molecule has 0 bridgehead atoms. The highest BCUT2D eigenvalue weighted by Gasteiger charge is 2.46. The zero-order chi connectivity index (χ0) is 17.7. The Morgan fingerprint density at radius 3 is 2.77 bits per heavy atom. The summed E-state index contributed by atoms with van der Waals surface area (Å²) in [6.07, 6.45) is 0. The van der Waals surface area contributed by atoms with Crippen LogP contribution in [0.25, 0.3) is 0 Å². The molecule has 26 heavy (non-hydrogen) atoms. The quantitative estimate of drug-likeness (QED) is 0.846. The number of fused-ring (bicyclic) bond motifs is 2. The lowest BCUT2D eigenvalue weighted by Gasteiger charge is -2.28. The van der Waals surface area contributed by atoms with Crippen LogP contribution < -0.4 is 9.47 Å². The van der Waals surface area contributed by atoms with Crippen LogP contribution in [0.5, 0.6) is 11.5 Å². The Labute approximate surface area is 155 Å². The highest BCUT2D eigenvalue weighted by Crippen LogP contribution is 2.45. The van der Waals surface area contributed by atoms with Crippen LogP contribution in [-0.2, 0) is 6.54 Å². The molecule has 3 heterocycles. The second kappa shape index (κ2) is 6.29. The van der Waals surface area contributed by atoms with Crippen molar-refractivity contribution in [3.05, 3.63) is 59.2 Å². The number of hydrogen-bond donors (Lipinski definition) is 0. The zero-order valence-corrected chi connectivity index (χ0v) is 15.5. The molecule has 0 aromatic heterocycles. The van der Waals surface area contributed by atoms with Gasteiger partial charge in [-0.3, -0.25) is 9.80 Å². The van der Waals surface area contributed by atoms with E-state index in [9.17, 15) is 0 Å². The SMILES string of the molecule is Cc1ccccc1[C@@H]1[C@@H]2CN(Cc3cccc4c3OCO4)C[C@@H]2CN1C. The third kappa shape index (κ3) is 2.60. The van der Waals surface area contributed by atoms with E-state index < -0.39 is 0 Å². The van der Waals surface area contributed by atoms with Gasteiger partial charge in [0.2, 0.25) is 6.79 Å². The third-order valence-electron chi connectivity index (χ3n) is 6.35. The van der Waals surface area contributed by atoms with E-state index in [0.29, 0.717) is 18.8 Å². The fourth-order valence-electron chi connectivity index (χ4n) is 5.22. The number of hydrogen-bond acceptors (Lipinski definition) is 4. The summed E-state index contributed by atoms with van der Waals surface area (Å²) in [6.45, 7) is 7.04. The van der Waals surface area contributed by atoms with Gasteiger partial charge in [0, 0.05) is 37.8 Å². The maximum atomic E-state index is 5.70. The predicted octanol–water partition coefficient (Wildman–Crippen LogP) is 3.46. The van der Waals surface area contributed by atoms with Gasteiger partial charge in [0.1, 0.15) is 0 Å². The largest absolute Gasteiger partial charge is 0.454 e. The molecule has 0 saturated carbocycles. The number of ether oxygens (including phenoxy) is 2. The van der Waals surface area contributed by atoms with E-state index in [1.54, 1.807) is 0 Å². The maximum absolute atomic E-state index is 5.70. The van der Waals surface area contributed by atoms with Gasteiger partial charge < -0.3 is 9.47 Å². The number of rotatable bonds is 3. The van der Waals surface area contributed by atoms with Gasteiger partial charge in [0.05, 0.1) is 0 Å². The molecule has 2 aromatic carbocycles. The first-order valence-corrected chi connectivity index (χ1v) is 9.56. The van der Waals surface area contributed by atoms with Crippen LogP contribution >= 0.6 is 0 Å². The van der Waals surface area contributed by atoms with Crippen LogP contribution in [0.2, 0.25) is 0 Å². The predicted molar refractivity (Wildman–Crippen MR) is 101 cm³/mol. The molecule has 0 radical (unpaired) electrons. The summed E-state index contributed by atoms with van der Waals surface area (Å²) < 4.78 is 11.2. The Kier molecular flexibility index (Phi) is 3.91. The van der Waals surface area contributed by atoms with Crippen molar-refractivity contribution in [1.82, 2.24) is 9.80 Å². The molecule has 0 spiro atoms. The highest BCUT2D eigenvalue weighted by molar-refractivity contribution is 5.48. The number of nitrogens with zero attached hydrogens (tertiary/aromatic N) is 2. The van der Waals surface area contributed by atoms with Gasteiger partial charge in [-0.05, 0) is 43.0 Å². The van der Waals surface area contributed by atoms with Crippen LogP contribution in [-0.4, -0.2) is 43.3 Å². The summed E-state index contributed by atoms with van der Waals surface area (Å²) in [5.74, 6) is 3.28. The van der Waals surface area contributed by atoms with Crippen LogP contribution in [0.4, 0.5) is 0 Å². The van der Waals surface area contributed by atoms with E-state index in [4.69, 9.17) is 9.47 Å². The lowest BCUT2D eigenvalue weighted by Crippen LogP contribution is -2.29. The minimum atomic E-state index is 0.345. The minimum Gasteiger partial charge on any atom is -0.454 e. The van der Waals surface area contributed by atoms with Gasteiger partial charge in [0.25, 0.3) is 0 Å². The van der Waals surface area contributed by atoms with Gasteiger partial charge >= 0.3 is 0 Å². The van der Waals surface area contributed by atoms with Gasteiger partial charge in [-0.15, -0.1) is 0 Å². The molecule has 0 amide bonds. The van der Waals surface area contributed by atoms with E-state index >= 15 is 0 Å². The molecule has 2 saturated heterocycles. The van der Waals surface area contributed by atoms with E-state index in [1.807, 2.05) is 6.07 Å². The molecule has 3 aliphatic heterocycles. The van der Waals surface area contributed by atoms with Crippen molar-refractivity contribution in [2.45, 2.75) is 19.5 Å². The summed E-state index contributed by atoms with van der Waals surface area (Å²) in [5.41, 5.74) is 4.16. The summed E-state index contributed by atoms with van der Waals surface area (Å²) in [4.78, 5) is 5.16. The molecule has 4 heteroatoms. The molecule has 4 nitrogen and oxygen atoms in total. The summed E-state index contributed by atoms with van der Waals surface area (Å²) in [7, 11) is 2.29. The fourth-order valence-corrected chi connectivity index (χ4v) is 5.22. The van der Waals surface area contributed by atoms with Crippen molar-refractivity contribution in [2.24, 2.45) is 11.8 Å². The Hall–Kier alpha value is -2.04. The van der Waals surface area contributed by atoms with Crippen molar-refractivity contribution in [1.29, 1.82) is 0 Å². The Morgan fingerprint density at radius 1 is 1.00 bits per heavy atom. The zero-order valence-electron chi connectivity index (χ0n) is 15.5. The van der Waals surface area contributed by atoms with Crippen molar-refractivity contribution in [3.63, 3.8) is 0 Å². The number of para-hydroxylation sites is 1.